The number of carbonyl (C=O) groups excluding carboxylic acids is 1. The average molecular weight is 404 g/mol. The van der Waals surface area contributed by atoms with Gasteiger partial charge in [-0.2, -0.15) is 0 Å². The molecule has 29 heavy (non-hydrogen) atoms. The Balaban J connectivity index is 1.69. The van der Waals surface area contributed by atoms with Crippen molar-refractivity contribution < 1.29 is 4.79 Å². The van der Waals surface area contributed by atoms with E-state index < -0.39 is 0 Å². The first-order valence-corrected chi connectivity index (χ1v) is 10.9. The molecule has 1 amide bonds. The molecule has 146 valence electrons. The lowest BCUT2D eigenvalue weighted by Gasteiger charge is -2.16. The van der Waals surface area contributed by atoms with Gasteiger partial charge in [-0.25, -0.2) is 9.38 Å². The van der Waals surface area contributed by atoms with Gasteiger partial charge < -0.3 is 4.90 Å². The van der Waals surface area contributed by atoms with Gasteiger partial charge in [-0.1, -0.05) is 67.9 Å². The van der Waals surface area contributed by atoms with Crippen molar-refractivity contribution >= 4 is 44.5 Å². The van der Waals surface area contributed by atoms with Crippen molar-refractivity contribution in [2.24, 2.45) is 0 Å². The maximum atomic E-state index is 13.4. The summed E-state index contributed by atoms with van der Waals surface area (Å²) < 4.78 is 2.11. The van der Waals surface area contributed by atoms with Crippen LogP contribution in [0.1, 0.15) is 38.2 Å². The first-order chi connectivity index (χ1) is 14.2. The minimum atomic E-state index is -0.162. The number of hydrogen-bond acceptors (Lipinski definition) is 4. The molecule has 3 heterocycles. The zero-order valence-corrected chi connectivity index (χ0v) is 17.0. The largest absolute Gasteiger partial charge is 0.308 e. The SMILES string of the molecule is CCCCCCN1C(=O)/C(=c2\sc3nc4ccccc4n3c2=O)c2ccccc21. The van der Waals surface area contributed by atoms with Crippen LogP contribution < -0.4 is 15.0 Å². The average Bonchev–Trinajstić information content (AvgIpc) is 3.34. The number of fused-ring (bicyclic) bond motifs is 4. The summed E-state index contributed by atoms with van der Waals surface area (Å²) in [7, 11) is 0. The van der Waals surface area contributed by atoms with Crippen molar-refractivity contribution in [3.05, 3.63) is 69.0 Å². The highest BCUT2D eigenvalue weighted by molar-refractivity contribution is 7.15. The predicted octanol–water partition coefficient (Wildman–Crippen LogP) is 3.75. The van der Waals surface area contributed by atoms with Gasteiger partial charge in [0.1, 0.15) is 4.53 Å². The first-order valence-electron chi connectivity index (χ1n) is 10.1. The molecule has 0 atom stereocenters. The summed E-state index contributed by atoms with van der Waals surface area (Å²) in [5, 5.41) is 0. The van der Waals surface area contributed by atoms with E-state index in [0.717, 1.165) is 41.5 Å². The minimum absolute atomic E-state index is 0.0754. The standard InChI is InChI=1S/C23H21N3O2S/c1-2-3-4-9-14-25-17-12-7-5-10-15(17)19(21(25)27)20-22(28)26-18-13-8-6-11-16(18)24-23(26)29-20/h5-8,10-13H,2-4,9,14H2,1H3/b20-19-. The van der Waals surface area contributed by atoms with E-state index in [0.29, 0.717) is 21.6 Å². The van der Waals surface area contributed by atoms with E-state index in [2.05, 4.69) is 11.9 Å². The molecule has 6 heteroatoms. The molecule has 0 radical (unpaired) electrons. The highest BCUT2D eigenvalue weighted by Crippen LogP contribution is 2.35. The molecule has 2 aromatic heterocycles. The molecule has 2 aromatic carbocycles. The maximum Gasteiger partial charge on any atom is 0.275 e. The number of aromatic nitrogens is 2. The van der Waals surface area contributed by atoms with Gasteiger partial charge in [0.25, 0.3) is 11.5 Å². The highest BCUT2D eigenvalue weighted by Gasteiger charge is 2.33. The number of anilines is 1. The molecule has 0 aliphatic carbocycles. The van der Waals surface area contributed by atoms with Gasteiger partial charge in [0.15, 0.2) is 4.96 Å². The Kier molecular flexibility index (Phi) is 4.43. The molecular formula is C23H21N3O2S. The highest BCUT2D eigenvalue weighted by atomic mass is 32.1. The molecule has 0 bridgehead atoms. The Hall–Kier alpha value is -2.99. The Bertz CT molecular complexity index is 1350. The van der Waals surface area contributed by atoms with Crippen LogP contribution in [0.3, 0.4) is 0 Å². The van der Waals surface area contributed by atoms with E-state index in [1.54, 1.807) is 4.40 Å². The second-order valence-corrected chi connectivity index (χ2v) is 8.34. The molecule has 5 rings (SSSR count). The molecule has 5 nitrogen and oxygen atoms in total. The number of hydrogen-bond donors (Lipinski definition) is 0. The van der Waals surface area contributed by atoms with Gasteiger partial charge in [-0.3, -0.25) is 9.59 Å². The molecule has 1 aliphatic rings. The van der Waals surface area contributed by atoms with Crippen molar-refractivity contribution in [2.45, 2.75) is 32.6 Å². The van der Waals surface area contributed by atoms with Gasteiger partial charge in [0, 0.05) is 12.1 Å². The van der Waals surface area contributed by atoms with Gasteiger partial charge in [-0.05, 0) is 24.6 Å². The number of benzene rings is 2. The summed E-state index contributed by atoms with van der Waals surface area (Å²) in [6.45, 7) is 2.85. The third kappa shape index (κ3) is 2.78. The van der Waals surface area contributed by atoms with Crippen LogP contribution in [0, 0.1) is 0 Å². The number of nitrogens with zero attached hydrogens (tertiary/aromatic N) is 3. The second-order valence-electron chi connectivity index (χ2n) is 7.36. The first kappa shape index (κ1) is 18.1. The summed E-state index contributed by atoms with van der Waals surface area (Å²) in [5.74, 6) is -0.0754. The molecule has 0 spiro atoms. The van der Waals surface area contributed by atoms with E-state index in [4.69, 9.17) is 0 Å². The van der Waals surface area contributed by atoms with Gasteiger partial charge in [0.2, 0.25) is 0 Å². The molecule has 0 fully saturated rings. The summed E-state index contributed by atoms with van der Waals surface area (Å²) in [6, 6.07) is 15.4. The summed E-state index contributed by atoms with van der Waals surface area (Å²) in [5.41, 5.74) is 3.68. The fourth-order valence-electron chi connectivity index (χ4n) is 4.08. The van der Waals surface area contributed by atoms with Crippen LogP contribution >= 0.6 is 11.3 Å². The number of unbranched alkanes of at least 4 members (excludes halogenated alkanes) is 3. The van der Waals surface area contributed by atoms with E-state index in [9.17, 15) is 9.59 Å². The zero-order chi connectivity index (χ0) is 20.0. The number of imidazole rings is 1. The maximum absolute atomic E-state index is 13.4. The van der Waals surface area contributed by atoms with E-state index in [-0.39, 0.29) is 11.5 Å². The van der Waals surface area contributed by atoms with Crippen LogP contribution in [-0.2, 0) is 4.79 Å². The van der Waals surface area contributed by atoms with Crippen LogP contribution in [0.4, 0.5) is 5.69 Å². The number of carbonyl (C=O) groups is 1. The number of rotatable bonds is 5. The van der Waals surface area contributed by atoms with Crippen molar-refractivity contribution in [2.75, 3.05) is 11.4 Å². The van der Waals surface area contributed by atoms with Crippen LogP contribution in [0.5, 0.6) is 0 Å². The minimum Gasteiger partial charge on any atom is -0.308 e. The Morgan fingerprint density at radius 1 is 0.966 bits per heavy atom. The van der Waals surface area contributed by atoms with Crippen LogP contribution in [-0.4, -0.2) is 21.8 Å². The zero-order valence-electron chi connectivity index (χ0n) is 16.2. The van der Waals surface area contributed by atoms with E-state index in [1.165, 1.54) is 17.8 Å². The van der Waals surface area contributed by atoms with Crippen LogP contribution in [0.15, 0.2) is 53.3 Å². The quantitative estimate of drug-likeness (QED) is 0.477. The molecular weight excluding hydrogens is 382 g/mol. The normalized spacial score (nSPS) is 15.6. The molecule has 0 saturated heterocycles. The number of para-hydroxylation sites is 3. The van der Waals surface area contributed by atoms with Crippen molar-refractivity contribution in [3.63, 3.8) is 0 Å². The molecule has 0 saturated carbocycles. The van der Waals surface area contributed by atoms with Crippen LogP contribution in [0.25, 0.3) is 21.6 Å². The van der Waals surface area contributed by atoms with Crippen molar-refractivity contribution in [1.29, 1.82) is 0 Å². The summed E-state index contributed by atoms with van der Waals surface area (Å²) >= 11 is 1.30. The summed E-state index contributed by atoms with van der Waals surface area (Å²) in [6.07, 6.45) is 4.39. The number of amides is 1. The smallest absolute Gasteiger partial charge is 0.275 e. The lowest BCUT2D eigenvalue weighted by molar-refractivity contribution is -0.113. The van der Waals surface area contributed by atoms with Gasteiger partial charge in [0.05, 0.1) is 22.3 Å². The van der Waals surface area contributed by atoms with Gasteiger partial charge in [-0.15, -0.1) is 0 Å². The fraction of sp³-hybridized carbons (Fsp3) is 0.261. The van der Waals surface area contributed by atoms with E-state index >= 15 is 0 Å². The second kappa shape index (κ2) is 7.12. The molecule has 1 aliphatic heterocycles. The third-order valence-electron chi connectivity index (χ3n) is 5.51. The third-order valence-corrected chi connectivity index (χ3v) is 6.55. The van der Waals surface area contributed by atoms with Crippen LogP contribution in [0.2, 0.25) is 0 Å². The molecule has 0 unspecified atom stereocenters. The van der Waals surface area contributed by atoms with Crippen molar-refractivity contribution in [1.82, 2.24) is 9.38 Å². The van der Waals surface area contributed by atoms with Gasteiger partial charge >= 0.3 is 0 Å². The topological polar surface area (TPSA) is 54.7 Å². The fourth-order valence-corrected chi connectivity index (χ4v) is 5.16. The Morgan fingerprint density at radius 2 is 1.76 bits per heavy atom. The van der Waals surface area contributed by atoms with E-state index in [1.807, 2.05) is 53.4 Å². The molecule has 0 N–H and O–H groups in total. The molecule has 4 aromatic rings. The predicted molar refractivity (Wildman–Crippen MR) is 118 cm³/mol. The lowest BCUT2D eigenvalue weighted by Crippen LogP contribution is -2.32. The Labute approximate surface area is 171 Å². The summed E-state index contributed by atoms with van der Waals surface area (Å²) in [4.78, 5) is 33.7. The number of thiazole rings is 1. The lowest BCUT2D eigenvalue weighted by atomic mass is 10.1. The van der Waals surface area contributed by atoms with Crippen molar-refractivity contribution in [3.8, 4) is 0 Å². The Morgan fingerprint density at radius 3 is 2.62 bits per heavy atom. The monoisotopic (exact) mass is 403 g/mol.